The lowest BCUT2D eigenvalue weighted by Crippen LogP contribution is -1.84. The predicted molar refractivity (Wildman–Crippen MR) is 67.1 cm³/mol. The van der Waals surface area contributed by atoms with Gasteiger partial charge in [-0.05, 0) is 31.0 Å². The maximum Gasteiger partial charge on any atom is 0.278 e. The zero-order chi connectivity index (χ0) is 12.7. The molecule has 4 rings (SSSR count). The number of rotatable bonds is 3. The van der Waals surface area contributed by atoms with Crippen LogP contribution in [0.15, 0.2) is 35.0 Å². The highest BCUT2D eigenvalue weighted by molar-refractivity contribution is 5.54. The van der Waals surface area contributed by atoms with Crippen molar-refractivity contribution in [3.8, 4) is 23.1 Å². The summed E-state index contributed by atoms with van der Waals surface area (Å²) in [6, 6.07) is 7.56. The molecule has 1 aliphatic rings. The summed E-state index contributed by atoms with van der Waals surface area (Å²) in [5.74, 6) is 1.52. The van der Waals surface area contributed by atoms with Crippen LogP contribution in [-0.4, -0.2) is 25.3 Å². The van der Waals surface area contributed by atoms with E-state index in [1.54, 1.807) is 6.20 Å². The summed E-state index contributed by atoms with van der Waals surface area (Å²) in [7, 11) is 0. The first kappa shape index (κ1) is 10.4. The lowest BCUT2D eigenvalue weighted by atomic mass is 10.2. The molecule has 19 heavy (non-hydrogen) atoms. The highest BCUT2D eigenvalue weighted by atomic mass is 16.5. The Morgan fingerprint density at radius 3 is 2.95 bits per heavy atom. The van der Waals surface area contributed by atoms with Crippen molar-refractivity contribution in [2.75, 3.05) is 0 Å². The summed E-state index contributed by atoms with van der Waals surface area (Å²) in [6.45, 7) is 0. The van der Waals surface area contributed by atoms with Gasteiger partial charge in [-0.2, -0.15) is 10.1 Å². The SMILES string of the molecule is c1ccc(-c2noc(-c3cc(C4CC4)[nH]n3)n2)nc1. The van der Waals surface area contributed by atoms with Crippen molar-refractivity contribution in [2.24, 2.45) is 0 Å². The highest BCUT2D eigenvalue weighted by Crippen LogP contribution is 2.39. The Labute approximate surface area is 108 Å². The number of nitrogens with zero attached hydrogens (tertiary/aromatic N) is 4. The molecule has 3 aromatic heterocycles. The van der Waals surface area contributed by atoms with Gasteiger partial charge in [0, 0.05) is 17.8 Å². The van der Waals surface area contributed by atoms with Crippen LogP contribution >= 0.6 is 0 Å². The summed E-state index contributed by atoms with van der Waals surface area (Å²) < 4.78 is 5.23. The molecule has 0 aromatic carbocycles. The Morgan fingerprint density at radius 1 is 1.21 bits per heavy atom. The Morgan fingerprint density at radius 2 is 2.16 bits per heavy atom. The zero-order valence-corrected chi connectivity index (χ0v) is 10.1. The van der Waals surface area contributed by atoms with Gasteiger partial charge in [-0.25, -0.2) is 0 Å². The summed E-state index contributed by atoms with van der Waals surface area (Å²) >= 11 is 0. The van der Waals surface area contributed by atoms with Crippen molar-refractivity contribution in [3.05, 3.63) is 36.2 Å². The van der Waals surface area contributed by atoms with Crippen molar-refractivity contribution in [2.45, 2.75) is 18.8 Å². The second-order valence-electron chi connectivity index (χ2n) is 4.62. The fraction of sp³-hybridized carbons (Fsp3) is 0.231. The number of aromatic amines is 1. The Kier molecular flexibility index (Phi) is 2.20. The number of hydrogen-bond donors (Lipinski definition) is 1. The molecule has 3 heterocycles. The van der Waals surface area contributed by atoms with E-state index in [2.05, 4.69) is 25.3 Å². The summed E-state index contributed by atoms with van der Waals surface area (Å²) in [5, 5.41) is 11.2. The van der Waals surface area contributed by atoms with Crippen LogP contribution in [0.2, 0.25) is 0 Å². The van der Waals surface area contributed by atoms with E-state index in [1.165, 1.54) is 12.8 Å². The smallest absolute Gasteiger partial charge is 0.278 e. The summed E-state index contributed by atoms with van der Waals surface area (Å²) in [5.41, 5.74) is 2.53. The molecule has 0 spiro atoms. The Balaban J connectivity index is 1.66. The van der Waals surface area contributed by atoms with Crippen LogP contribution in [0.5, 0.6) is 0 Å². The molecule has 6 heteroatoms. The minimum Gasteiger partial charge on any atom is -0.332 e. The topological polar surface area (TPSA) is 80.5 Å². The molecule has 0 amide bonds. The fourth-order valence-electron chi connectivity index (χ4n) is 1.98. The van der Waals surface area contributed by atoms with Gasteiger partial charge >= 0.3 is 0 Å². The van der Waals surface area contributed by atoms with E-state index < -0.39 is 0 Å². The third kappa shape index (κ3) is 1.91. The maximum atomic E-state index is 5.23. The van der Waals surface area contributed by atoms with Crippen molar-refractivity contribution in [1.29, 1.82) is 0 Å². The molecule has 1 aliphatic carbocycles. The summed E-state index contributed by atoms with van der Waals surface area (Å²) in [6.07, 6.45) is 4.15. The molecule has 1 saturated carbocycles. The highest BCUT2D eigenvalue weighted by Gasteiger charge is 2.26. The third-order valence-corrected chi connectivity index (χ3v) is 3.15. The van der Waals surface area contributed by atoms with Gasteiger partial charge < -0.3 is 4.52 Å². The number of aromatic nitrogens is 5. The zero-order valence-electron chi connectivity index (χ0n) is 10.1. The molecule has 94 valence electrons. The monoisotopic (exact) mass is 253 g/mol. The summed E-state index contributed by atoms with van der Waals surface area (Å²) in [4.78, 5) is 8.51. The number of hydrogen-bond acceptors (Lipinski definition) is 5. The number of nitrogens with one attached hydrogen (secondary N) is 1. The average Bonchev–Trinajstić information content (AvgIpc) is 3.01. The lowest BCUT2D eigenvalue weighted by Gasteiger charge is -1.89. The number of pyridine rings is 1. The van der Waals surface area contributed by atoms with Crippen LogP contribution in [0.3, 0.4) is 0 Å². The molecular weight excluding hydrogens is 242 g/mol. The minimum absolute atomic E-state index is 0.420. The van der Waals surface area contributed by atoms with Crippen LogP contribution in [-0.2, 0) is 0 Å². The largest absolute Gasteiger partial charge is 0.332 e. The van der Waals surface area contributed by atoms with Crippen LogP contribution in [0.4, 0.5) is 0 Å². The van der Waals surface area contributed by atoms with E-state index in [9.17, 15) is 0 Å². The Bertz CT molecular complexity index is 699. The van der Waals surface area contributed by atoms with E-state index >= 15 is 0 Å². The normalized spacial score (nSPS) is 14.7. The van der Waals surface area contributed by atoms with Crippen LogP contribution < -0.4 is 0 Å². The van der Waals surface area contributed by atoms with Crippen LogP contribution in [0.1, 0.15) is 24.5 Å². The second kappa shape index (κ2) is 4.01. The minimum atomic E-state index is 0.420. The first-order valence-corrected chi connectivity index (χ1v) is 6.21. The molecule has 1 N–H and O–H groups in total. The van der Waals surface area contributed by atoms with Gasteiger partial charge in [0.15, 0.2) is 5.69 Å². The van der Waals surface area contributed by atoms with Gasteiger partial charge in [-0.3, -0.25) is 10.1 Å². The van der Waals surface area contributed by atoms with E-state index in [1.807, 2.05) is 24.3 Å². The molecule has 6 nitrogen and oxygen atoms in total. The Hall–Kier alpha value is -2.50. The van der Waals surface area contributed by atoms with Crippen molar-refractivity contribution < 1.29 is 4.52 Å². The quantitative estimate of drug-likeness (QED) is 0.775. The van der Waals surface area contributed by atoms with E-state index in [0.29, 0.717) is 29.0 Å². The number of H-pyrrole nitrogens is 1. The first-order valence-electron chi connectivity index (χ1n) is 6.21. The van der Waals surface area contributed by atoms with Gasteiger partial charge in [0.2, 0.25) is 5.82 Å². The van der Waals surface area contributed by atoms with Gasteiger partial charge in [0.05, 0.1) is 0 Å². The lowest BCUT2D eigenvalue weighted by molar-refractivity contribution is 0.430. The van der Waals surface area contributed by atoms with Gasteiger partial charge in [0.1, 0.15) is 5.69 Å². The van der Waals surface area contributed by atoms with Gasteiger partial charge in [-0.15, -0.1) is 0 Å². The van der Waals surface area contributed by atoms with E-state index in [4.69, 9.17) is 4.52 Å². The predicted octanol–water partition coefficient (Wildman–Crippen LogP) is 2.40. The molecule has 0 aliphatic heterocycles. The molecule has 0 atom stereocenters. The van der Waals surface area contributed by atoms with Crippen molar-refractivity contribution >= 4 is 0 Å². The van der Waals surface area contributed by atoms with E-state index in [0.717, 1.165) is 5.69 Å². The maximum absolute atomic E-state index is 5.23. The fourth-order valence-corrected chi connectivity index (χ4v) is 1.98. The standard InChI is InChI=1S/C13H11N5O/c1-2-6-14-9(3-1)12-15-13(19-18-12)11-7-10(16-17-11)8-4-5-8/h1-3,6-8H,4-5H2,(H,16,17). The molecule has 0 unspecified atom stereocenters. The van der Waals surface area contributed by atoms with Crippen molar-refractivity contribution in [3.63, 3.8) is 0 Å². The van der Waals surface area contributed by atoms with Crippen LogP contribution in [0, 0.1) is 0 Å². The molecule has 0 saturated heterocycles. The molecule has 0 radical (unpaired) electrons. The van der Waals surface area contributed by atoms with E-state index in [-0.39, 0.29) is 0 Å². The molecule has 3 aromatic rings. The van der Waals surface area contributed by atoms with Crippen molar-refractivity contribution in [1.82, 2.24) is 25.3 Å². The van der Waals surface area contributed by atoms with Crippen LogP contribution in [0.25, 0.3) is 23.1 Å². The average molecular weight is 253 g/mol. The van der Waals surface area contributed by atoms with Gasteiger partial charge in [-0.1, -0.05) is 11.2 Å². The molecule has 0 bridgehead atoms. The third-order valence-electron chi connectivity index (χ3n) is 3.15. The van der Waals surface area contributed by atoms with Gasteiger partial charge in [0.25, 0.3) is 5.89 Å². The second-order valence-corrected chi connectivity index (χ2v) is 4.62. The molecular formula is C13H11N5O. The first-order chi connectivity index (χ1) is 9.40. The molecule has 1 fully saturated rings.